The van der Waals surface area contributed by atoms with Crippen molar-refractivity contribution in [2.75, 3.05) is 12.4 Å². The highest BCUT2D eigenvalue weighted by Crippen LogP contribution is 2.24. The molecule has 1 N–H and O–H groups in total. The summed E-state index contributed by atoms with van der Waals surface area (Å²) in [5.41, 5.74) is 2.11. The molecule has 2 nitrogen and oxygen atoms in total. The van der Waals surface area contributed by atoms with Crippen LogP contribution in [0.4, 0.5) is 5.69 Å². The van der Waals surface area contributed by atoms with Crippen molar-refractivity contribution >= 4 is 39.9 Å². The number of hydrogen-bond acceptors (Lipinski definition) is 2. The summed E-state index contributed by atoms with van der Waals surface area (Å²) < 4.78 is 6.35. The standard InChI is InChI=1S/C14H13ClINO/c1-18-12-4-2-3-10(7-12)9-17-14-8-11(16)5-6-13(14)15/h2-8,17H,9H2,1H3. The molecule has 0 aliphatic rings. The quantitative estimate of drug-likeness (QED) is 0.793. The van der Waals surface area contributed by atoms with Gasteiger partial charge in [0.05, 0.1) is 17.8 Å². The first-order valence-corrected chi connectivity index (χ1v) is 6.96. The minimum atomic E-state index is 0.719. The molecule has 0 aliphatic carbocycles. The molecule has 94 valence electrons. The molecule has 4 heteroatoms. The van der Waals surface area contributed by atoms with Crippen LogP contribution < -0.4 is 10.1 Å². The topological polar surface area (TPSA) is 21.3 Å². The van der Waals surface area contributed by atoms with Crippen molar-refractivity contribution in [1.82, 2.24) is 0 Å². The van der Waals surface area contributed by atoms with Crippen LogP contribution in [0, 0.1) is 3.57 Å². The van der Waals surface area contributed by atoms with Crippen molar-refractivity contribution in [3.63, 3.8) is 0 Å². The van der Waals surface area contributed by atoms with E-state index in [0.29, 0.717) is 0 Å². The Bertz CT molecular complexity index is 545. The fourth-order valence-electron chi connectivity index (χ4n) is 1.61. The highest BCUT2D eigenvalue weighted by Gasteiger charge is 2.01. The first-order chi connectivity index (χ1) is 8.69. The predicted octanol–water partition coefficient (Wildman–Crippen LogP) is 4.57. The largest absolute Gasteiger partial charge is 0.497 e. The van der Waals surface area contributed by atoms with Crippen molar-refractivity contribution in [2.24, 2.45) is 0 Å². The summed E-state index contributed by atoms with van der Waals surface area (Å²) in [6, 6.07) is 13.9. The third-order valence-electron chi connectivity index (χ3n) is 2.55. The summed E-state index contributed by atoms with van der Waals surface area (Å²) in [5, 5.41) is 4.06. The normalized spacial score (nSPS) is 10.2. The summed E-state index contributed by atoms with van der Waals surface area (Å²) in [7, 11) is 1.67. The highest BCUT2D eigenvalue weighted by atomic mass is 127. The van der Waals surface area contributed by atoms with Crippen LogP contribution in [0.1, 0.15) is 5.56 Å². The number of anilines is 1. The van der Waals surface area contributed by atoms with Crippen LogP contribution in [-0.2, 0) is 6.54 Å². The molecule has 2 aromatic carbocycles. The van der Waals surface area contributed by atoms with Crippen LogP contribution in [0.3, 0.4) is 0 Å². The molecule has 0 amide bonds. The predicted molar refractivity (Wildman–Crippen MR) is 84.5 cm³/mol. The zero-order valence-electron chi connectivity index (χ0n) is 9.91. The van der Waals surface area contributed by atoms with E-state index in [1.807, 2.05) is 36.4 Å². The molecule has 2 aromatic rings. The second-order valence-electron chi connectivity index (χ2n) is 3.83. The maximum atomic E-state index is 6.13. The highest BCUT2D eigenvalue weighted by molar-refractivity contribution is 14.1. The number of methoxy groups -OCH3 is 1. The Balaban J connectivity index is 2.08. The SMILES string of the molecule is COc1cccc(CNc2cc(I)ccc2Cl)c1. The fourth-order valence-corrected chi connectivity index (χ4v) is 2.29. The van der Waals surface area contributed by atoms with Crippen molar-refractivity contribution in [2.45, 2.75) is 6.54 Å². The average Bonchev–Trinajstić information content (AvgIpc) is 2.40. The van der Waals surface area contributed by atoms with Crippen LogP contribution in [0.15, 0.2) is 42.5 Å². The van der Waals surface area contributed by atoms with Gasteiger partial charge in [0.1, 0.15) is 5.75 Å². The van der Waals surface area contributed by atoms with Gasteiger partial charge in [-0.1, -0.05) is 23.7 Å². The Morgan fingerprint density at radius 1 is 1.22 bits per heavy atom. The molecule has 0 radical (unpaired) electrons. The van der Waals surface area contributed by atoms with E-state index >= 15 is 0 Å². The molecule has 0 fully saturated rings. The molecule has 0 aromatic heterocycles. The van der Waals surface area contributed by atoms with E-state index in [4.69, 9.17) is 16.3 Å². The van der Waals surface area contributed by atoms with Gasteiger partial charge in [-0.15, -0.1) is 0 Å². The molecular formula is C14H13ClINO. The molecule has 0 atom stereocenters. The van der Waals surface area contributed by atoms with E-state index in [-0.39, 0.29) is 0 Å². The summed E-state index contributed by atoms with van der Waals surface area (Å²) >= 11 is 8.40. The van der Waals surface area contributed by atoms with E-state index in [0.717, 1.165) is 32.1 Å². The molecule has 0 aliphatic heterocycles. The van der Waals surface area contributed by atoms with E-state index < -0.39 is 0 Å². The smallest absolute Gasteiger partial charge is 0.119 e. The number of hydrogen-bond donors (Lipinski definition) is 1. The average molecular weight is 374 g/mol. The molecule has 2 rings (SSSR count). The molecule has 0 saturated carbocycles. The monoisotopic (exact) mass is 373 g/mol. The van der Waals surface area contributed by atoms with Gasteiger partial charge in [-0.25, -0.2) is 0 Å². The van der Waals surface area contributed by atoms with E-state index in [9.17, 15) is 0 Å². The Kier molecular flexibility index (Phi) is 4.72. The van der Waals surface area contributed by atoms with Gasteiger partial charge in [0.25, 0.3) is 0 Å². The molecule has 0 bridgehead atoms. The van der Waals surface area contributed by atoms with Crippen LogP contribution in [-0.4, -0.2) is 7.11 Å². The summed E-state index contributed by atoms with van der Waals surface area (Å²) in [4.78, 5) is 0. The second-order valence-corrected chi connectivity index (χ2v) is 5.48. The lowest BCUT2D eigenvalue weighted by molar-refractivity contribution is 0.414. The van der Waals surface area contributed by atoms with Crippen molar-refractivity contribution in [3.8, 4) is 5.75 Å². The number of halogens is 2. The van der Waals surface area contributed by atoms with Gasteiger partial charge in [-0.3, -0.25) is 0 Å². The van der Waals surface area contributed by atoms with Gasteiger partial charge in [-0.2, -0.15) is 0 Å². The lowest BCUT2D eigenvalue weighted by Crippen LogP contribution is -2.00. The molecule has 0 heterocycles. The third-order valence-corrected chi connectivity index (χ3v) is 3.55. The van der Waals surface area contributed by atoms with Crippen LogP contribution in [0.5, 0.6) is 5.75 Å². The van der Waals surface area contributed by atoms with Crippen LogP contribution >= 0.6 is 34.2 Å². The number of benzene rings is 2. The lowest BCUT2D eigenvalue weighted by Gasteiger charge is -2.10. The van der Waals surface area contributed by atoms with Gasteiger partial charge < -0.3 is 10.1 Å². The Hall–Kier alpha value is -0.940. The van der Waals surface area contributed by atoms with Crippen LogP contribution in [0.2, 0.25) is 5.02 Å². The summed E-state index contributed by atoms with van der Waals surface area (Å²) in [5.74, 6) is 0.864. The van der Waals surface area contributed by atoms with Gasteiger partial charge in [-0.05, 0) is 58.5 Å². The zero-order chi connectivity index (χ0) is 13.0. The van der Waals surface area contributed by atoms with Gasteiger partial charge in [0, 0.05) is 10.1 Å². The van der Waals surface area contributed by atoms with Crippen molar-refractivity contribution in [3.05, 3.63) is 56.6 Å². The minimum Gasteiger partial charge on any atom is -0.497 e. The molecule has 0 saturated heterocycles. The Morgan fingerprint density at radius 3 is 2.83 bits per heavy atom. The van der Waals surface area contributed by atoms with Crippen molar-refractivity contribution in [1.29, 1.82) is 0 Å². The van der Waals surface area contributed by atoms with Crippen LogP contribution in [0.25, 0.3) is 0 Å². The van der Waals surface area contributed by atoms with E-state index in [1.54, 1.807) is 7.11 Å². The second kappa shape index (κ2) is 6.29. The van der Waals surface area contributed by atoms with Gasteiger partial charge in [0.2, 0.25) is 0 Å². The Labute approximate surface area is 125 Å². The molecule has 0 unspecified atom stereocenters. The fraction of sp³-hybridized carbons (Fsp3) is 0.143. The number of rotatable bonds is 4. The molecule has 18 heavy (non-hydrogen) atoms. The number of ether oxygens (including phenoxy) is 1. The first-order valence-electron chi connectivity index (χ1n) is 5.51. The number of nitrogens with one attached hydrogen (secondary N) is 1. The maximum absolute atomic E-state index is 6.13. The maximum Gasteiger partial charge on any atom is 0.119 e. The minimum absolute atomic E-state index is 0.719. The molecule has 0 spiro atoms. The zero-order valence-corrected chi connectivity index (χ0v) is 12.8. The van der Waals surface area contributed by atoms with Gasteiger partial charge >= 0.3 is 0 Å². The van der Waals surface area contributed by atoms with E-state index in [2.05, 4.69) is 34.0 Å². The Morgan fingerprint density at radius 2 is 2.06 bits per heavy atom. The van der Waals surface area contributed by atoms with E-state index in [1.165, 1.54) is 0 Å². The summed E-state index contributed by atoms with van der Waals surface area (Å²) in [6.07, 6.45) is 0. The lowest BCUT2D eigenvalue weighted by atomic mass is 10.2. The molecular weight excluding hydrogens is 361 g/mol. The first kappa shape index (κ1) is 13.5. The third kappa shape index (κ3) is 3.53. The summed E-state index contributed by atoms with van der Waals surface area (Å²) in [6.45, 7) is 0.719. The van der Waals surface area contributed by atoms with Gasteiger partial charge in [0.15, 0.2) is 0 Å². The van der Waals surface area contributed by atoms with Crippen molar-refractivity contribution < 1.29 is 4.74 Å².